The highest BCUT2D eigenvalue weighted by atomic mass is 16.4. The molecule has 0 aromatic carbocycles. The maximum absolute atomic E-state index is 10.9. The van der Waals surface area contributed by atoms with E-state index in [9.17, 15) is 4.79 Å². The molecular weight excluding hydrogens is 236 g/mol. The van der Waals surface area contributed by atoms with Crippen LogP contribution in [0.1, 0.15) is 96.3 Å². The monoisotopic (exact) mass is 268 g/mol. The van der Waals surface area contributed by atoms with Gasteiger partial charge in [0.05, 0.1) is 0 Å². The van der Waals surface area contributed by atoms with Crippen molar-refractivity contribution in [3.05, 3.63) is 0 Å². The van der Waals surface area contributed by atoms with E-state index in [1.807, 2.05) is 0 Å². The number of carboxylic acids is 1. The minimum atomic E-state index is -0.608. The van der Waals surface area contributed by atoms with E-state index in [1.165, 1.54) is 77.0 Å². The van der Waals surface area contributed by atoms with Gasteiger partial charge in [0, 0.05) is 6.42 Å². The molecule has 0 heterocycles. The quantitative estimate of drug-likeness (QED) is 0.712. The van der Waals surface area contributed by atoms with Crippen LogP contribution in [0, 0.1) is 5.92 Å². The van der Waals surface area contributed by atoms with E-state index in [4.69, 9.17) is 5.11 Å². The van der Waals surface area contributed by atoms with Crippen LogP contribution in [-0.4, -0.2) is 11.1 Å². The van der Waals surface area contributed by atoms with Crippen molar-refractivity contribution >= 4 is 5.97 Å². The van der Waals surface area contributed by atoms with Crippen LogP contribution in [0.4, 0.5) is 0 Å². The molecule has 0 unspecified atom stereocenters. The van der Waals surface area contributed by atoms with Crippen LogP contribution in [0.25, 0.3) is 0 Å². The summed E-state index contributed by atoms with van der Waals surface area (Å²) in [6.07, 6.45) is 18.8. The Morgan fingerprint density at radius 1 is 0.684 bits per heavy atom. The number of carbonyl (C=O) groups is 1. The summed E-state index contributed by atoms with van der Waals surface area (Å²) in [6.45, 7) is 0. The molecule has 0 bridgehead atoms. The lowest BCUT2D eigenvalue weighted by Gasteiger charge is -2.14. The second-order valence-electron chi connectivity index (χ2n) is 6.28. The number of rotatable bonds is 2. The van der Waals surface area contributed by atoms with Crippen LogP contribution in [0.2, 0.25) is 0 Å². The highest BCUT2D eigenvalue weighted by Crippen LogP contribution is 2.22. The lowest BCUT2D eigenvalue weighted by Crippen LogP contribution is -2.08. The summed E-state index contributed by atoms with van der Waals surface area (Å²) in [7, 11) is 0. The van der Waals surface area contributed by atoms with Crippen molar-refractivity contribution < 1.29 is 9.90 Å². The zero-order chi connectivity index (χ0) is 13.8. The topological polar surface area (TPSA) is 37.3 Å². The van der Waals surface area contributed by atoms with E-state index < -0.39 is 5.97 Å². The molecular formula is C17H32O2. The van der Waals surface area contributed by atoms with Crippen molar-refractivity contribution in [3.63, 3.8) is 0 Å². The first-order chi connectivity index (χ1) is 9.29. The summed E-state index contributed by atoms with van der Waals surface area (Å²) in [5.41, 5.74) is 0. The lowest BCUT2D eigenvalue weighted by molar-refractivity contribution is -0.138. The molecule has 1 aliphatic rings. The molecule has 0 atom stereocenters. The molecule has 19 heavy (non-hydrogen) atoms. The van der Waals surface area contributed by atoms with Gasteiger partial charge in [0.2, 0.25) is 0 Å². The van der Waals surface area contributed by atoms with E-state index in [2.05, 4.69) is 0 Å². The molecule has 1 fully saturated rings. The van der Waals surface area contributed by atoms with Gasteiger partial charge in [-0.05, 0) is 18.8 Å². The Bertz CT molecular complexity index is 209. The molecule has 0 radical (unpaired) electrons. The molecule has 0 aromatic rings. The fourth-order valence-electron chi connectivity index (χ4n) is 3.23. The summed E-state index contributed by atoms with van der Waals surface area (Å²) < 4.78 is 0. The normalized spacial score (nSPS) is 22.3. The highest BCUT2D eigenvalue weighted by Gasteiger charge is 2.12. The van der Waals surface area contributed by atoms with E-state index in [1.54, 1.807) is 0 Å². The van der Waals surface area contributed by atoms with Crippen LogP contribution < -0.4 is 0 Å². The summed E-state index contributed by atoms with van der Waals surface area (Å²) >= 11 is 0. The fraction of sp³-hybridized carbons (Fsp3) is 0.941. The minimum Gasteiger partial charge on any atom is -0.481 e. The van der Waals surface area contributed by atoms with Gasteiger partial charge in [-0.25, -0.2) is 0 Å². The number of hydrogen-bond acceptors (Lipinski definition) is 1. The molecule has 112 valence electrons. The third-order valence-corrected chi connectivity index (χ3v) is 4.44. The second-order valence-corrected chi connectivity index (χ2v) is 6.28. The Morgan fingerprint density at radius 2 is 1.00 bits per heavy atom. The lowest BCUT2D eigenvalue weighted by atomic mass is 9.92. The van der Waals surface area contributed by atoms with E-state index in [0.717, 1.165) is 12.8 Å². The Morgan fingerprint density at radius 3 is 1.32 bits per heavy atom. The number of aliphatic carboxylic acids is 1. The van der Waals surface area contributed by atoms with Gasteiger partial charge in [-0.2, -0.15) is 0 Å². The smallest absolute Gasteiger partial charge is 0.303 e. The second kappa shape index (κ2) is 11.3. The molecule has 2 heteroatoms. The zero-order valence-corrected chi connectivity index (χ0v) is 12.5. The first-order valence-electron chi connectivity index (χ1n) is 8.51. The molecule has 0 aromatic heterocycles. The van der Waals surface area contributed by atoms with Gasteiger partial charge >= 0.3 is 5.97 Å². The van der Waals surface area contributed by atoms with Crippen molar-refractivity contribution in [1.29, 1.82) is 0 Å². The third kappa shape index (κ3) is 9.98. The van der Waals surface area contributed by atoms with Gasteiger partial charge in [0.1, 0.15) is 0 Å². The van der Waals surface area contributed by atoms with Crippen molar-refractivity contribution in [2.24, 2.45) is 5.92 Å². The van der Waals surface area contributed by atoms with Crippen LogP contribution in [-0.2, 0) is 4.79 Å². The van der Waals surface area contributed by atoms with Crippen LogP contribution in [0.3, 0.4) is 0 Å². The van der Waals surface area contributed by atoms with Crippen LogP contribution >= 0.6 is 0 Å². The van der Waals surface area contributed by atoms with Gasteiger partial charge < -0.3 is 5.11 Å². The van der Waals surface area contributed by atoms with Gasteiger partial charge in [-0.1, -0.05) is 77.0 Å². The molecule has 1 saturated carbocycles. The summed E-state index contributed by atoms with van der Waals surface area (Å²) in [5.74, 6) is -0.175. The maximum atomic E-state index is 10.9. The molecule has 2 nitrogen and oxygen atoms in total. The zero-order valence-electron chi connectivity index (χ0n) is 12.5. The Balaban J connectivity index is 2.27. The van der Waals surface area contributed by atoms with E-state index in [-0.39, 0.29) is 0 Å². The first kappa shape index (κ1) is 16.5. The van der Waals surface area contributed by atoms with Crippen LogP contribution in [0.5, 0.6) is 0 Å². The minimum absolute atomic E-state index is 0.389. The predicted molar refractivity (Wildman–Crippen MR) is 80.4 cm³/mol. The molecule has 0 amide bonds. The average molecular weight is 268 g/mol. The van der Waals surface area contributed by atoms with Crippen molar-refractivity contribution in [2.45, 2.75) is 96.3 Å². The van der Waals surface area contributed by atoms with Gasteiger partial charge in [0.15, 0.2) is 0 Å². The Kier molecular flexibility index (Phi) is 9.84. The summed E-state index contributed by atoms with van der Waals surface area (Å²) in [6, 6.07) is 0. The first-order valence-corrected chi connectivity index (χ1v) is 8.51. The number of carboxylic acid groups (broad SMARTS) is 1. The van der Waals surface area contributed by atoms with E-state index in [0.29, 0.717) is 12.3 Å². The van der Waals surface area contributed by atoms with E-state index >= 15 is 0 Å². The highest BCUT2D eigenvalue weighted by molar-refractivity contribution is 5.66. The predicted octanol–water partition coefficient (Wildman–Crippen LogP) is 5.55. The largest absolute Gasteiger partial charge is 0.481 e. The summed E-state index contributed by atoms with van der Waals surface area (Å²) in [5, 5.41) is 8.97. The summed E-state index contributed by atoms with van der Waals surface area (Å²) in [4.78, 5) is 10.9. The molecule has 0 saturated heterocycles. The molecule has 1 rings (SSSR count). The van der Waals surface area contributed by atoms with Gasteiger partial charge in [-0.3, -0.25) is 4.79 Å². The van der Waals surface area contributed by atoms with Gasteiger partial charge in [0.25, 0.3) is 0 Å². The Hall–Kier alpha value is -0.530. The van der Waals surface area contributed by atoms with Crippen molar-refractivity contribution in [3.8, 4) is 0 Å². The van der Waals surface area contributed by atoms with Gasteiger partial charge in [-0.15, -0.1) is 0 Å². The van der Waals surface area contributed by atoms with Crippen molar-refractivity contribution in [2.75, 3.05) is 0 Å². The van der Waals surface area contributed by atoms with Crippen molar-refractivity contribution in [1.82, 2.24) is 0 Å². The Labute approximate surface area is 119 Å². The molecule has 1 N–H and O–H groups in total. The van der Waals surface area contributed by atoms with Crippen LogP contribution in [0.15, 0.2) is 0 Å². The average Bonchev–Trinajstić information content (AvgIpc) is 2.38. The SMILES string of the molecule is O=C(O)CC1CCCCCCCCCCCCCC1. The fourth-order valence-corrected chi connectivity index (χ4v) is 3.23. The third-order valence-electron chi connectivity index (χ3n) is 4.44. The molecule has 0 aliphatic heterocycles. The standard InChI is InChI=1S/C17H32O2/c18-17(19)15-16-13-11-9-7-5-3-1-2-4-6-8-10-12-14-16/h16H,1-15H2,(H,18,19). The number of hydrogen-bond donors (Lipinski definition) is 1. The maximum Gasteiger partial charge on any atom is 0.303 e. The molecule has 0 spiro atoms. The molecule has 1 aliphatic carbocycles.